The first kappa shape index (κ1) is 16.0. The first-order chi connectivity index (χ1) is 11.3. The van der Waals surface area contributed by atoms with Crippen molar-refractivity contribution in [3.05, 3.63) is 35.9 Å². The second kappa shape index (κ2) is 7.57. The molecule has 2 saturated heterocycles. The monoisotopic (exact) mass is 317 g/mol. The van der Waals surface area contributed by atoms with E-state index in [2.05, 4.69) is 5.32 Å². The Hall–Kier alpha value is -1.92. The van der Waals surface area contributed by atoms with E-state index in [4.69, 9.17) is 4.74 Å². The van der Waals surface area contributed by atoms with Crippen molar-refractivity contribution in [1.29, 1.82) is 0 Å². The molecule has 2 heterocycles. The zero-order valence-electron chi connectivity index (χ0n) is 13.2. The molecule has 6 nitrogen and oxygen atoms in total. The third kappa shape index (κ3) is 3.89. The average molecular weight is 317 g/mol. The highest BCUT2D eigenvalue weighted by Crippen LogP contribution is 2.16. The van der Waals surface area contributed by atoms with Crippen LogP contribution in [0.4, 0.5) is 0 Å². The molecule has 2 amide bonds. The lowest BCUT2D eigenvalue weighted by Gasteiger charge is -2.37. The number of carbonyl (C=O) groups excluding carboxylic acids is 2. The van der Waals surface area contributed by atoms with Gasteiger partial charge in [-0.1, -0.05) is 30.3 Å². The van der Waals surface area contributed by atoms with Gasteiger partial charge >= 0.3 is 0 Å². The van der Waals surface area contributed by atoms with Crippen LogP contribution in [-0.2, 0) is 20.9 Å². The van der Waals surface area contributed by atoms with Crippen molar-refractivity contribution in [1.82, 2.24) is 15.1 Å². The summed E-state index contributed by atoms with van der Waals surface area (Å²) < 4.78 is 5.35. The van der Waals surface area contributed by atoms with Gasteiger partial charge in [0.2, 0.25) is 11.8 Å². The summed E-state index contributed by atoms with van der Waals surface area (Å²) in [6.07, 6.45) is 0.936. The normalized spacial score (nSPS) is 22.8. The number of hydrogen-bond donors (Lipinski definition) is 1. The molecule has 6 heteroatoms. The maximum Gasteiger partial charge on any atom is 0.249 e. The lowest BCUT2D eigenvalue weighted by Crippen LogP contribution is -2.57. The Kier molecular flexibility index (Phi) is 5.25. The van der Waals surface area contributed by atoms with Crippen LogP contribution in [0.2, 0.25) is 0 Å². The summed E-state index contributed by atoms with van der Waals surface area (Å²) in [7, 11) is 0. The highest BCUT2D eigenvalue weighted by molar-refractivity contribution is 5.89. The van der Waals surface area contributed by atoms with Crippen LogP contribution >= 0.6 is 0 Å². The molecule has 124 valence electrons. The van der Waals surface area contributed by atoms with Gasteiger partial charge in [0.15, 0.2) is 0 Å². The second-order valence-electron chi connectivity index (χ2n) is 5.97. The molecule has 0 saturated carbocycles. The summed E-state index contributed by atoms with van der Waals surface area (Å²) in [4.78, 5) is 28.7. The van der Waals surface area contributed by atoms with E-state index in [-0.39, 0.29) is 25.0 Å². The lowest BCUT2D eigenvalue weighted by molar-refractivity contribution is -0.159. The molecule has 3 rings (SSSR count). The zero-order valence-corrected chi connectivity index (χ0v) is 13.2. The number of benzene rings is 1. The molecule has 1 aromatic carbocycles. The summed E-state index contributed by atoms with van der Waals surface area (Å²) in [5, 5.41) is 3.29. The van der Waals surface area contributed by atoms with Crippen LogP contribution in [0, 0.1) is 0 Å². The standard InChI is InChI=1S/C17H23N3O3/c21-16-13-23-12-15(17(22)19-9-4-7-18-8-10-19)20(16)11-14-5-2-1-3-6-14/h1-3,5-6,15,18H,4,7-13H2/t15-/m1/s1. The fraction of sp³-hybridized carbons (Fsp3) is 0.529. The van der Waals surface area contributed by atoms with Crippen LogP contribution in [0.5, 0.6) is 0 Å². The highest BCUT2D eigenvalue weighted by atomic mass is 16.5. The molecule has 1 aromatic rings. The van der Waals surface area contributed by atoms with Crippen LogP contribution in [0.3, 0.4) is 0 Å². The Bertz CT molecular complexity index is 541. The molecular weight excluding hydrogens is 294 g/mol. The number of ether oxygens (including phenoxy) is 1. The van der Waals surface area contributed by atoms with Crippen molar-refractivity contribution in [3.8, 4) is 0 Å². The van der Waals surface area contributed by atoms with Gasteiger partial charge in [0, 0.05) is 26.2 Å². The maximum atomic E-state index is 12.9. The van der Waals surface area contributed by atoms with E-state index >= 15 is 0 Å². The third-order valence-electron chi connectivity index (χ3n) is 4.33. The van der Waals surface area contributed by atoms with Crippen LogP contribution < -0.4 is 5.32 Å². The molecular formula is C17H23N3O3. The Morgan fingerprint density at radius 1 is 1.22 bits per heavy atom. The number of amides is 2. The van der Waals surface area contributed by atoms with Crippen LogP contribution in [-0.4, -0.2) is 67.0 Å². The average Bonchev–Trinajstić information content (AvgIpc) is 2.86. The minimum absolute atomic E-state index is 0.00215. The van der Waals surface area contributed by atoms with Crippen molar-refractivity contribution < 1.29 is 14.3 Å². The molecule has 0 spiro atoms. The number of nitrogens with one attached hydrogen (secondary N) is 1. The molecule has 0 unspecified atom stereocenters. The maximum absolute atomic E-state index is 12.9. The number of morpholine rings is 1. The molecule has 0 bridgehead atoms. The van der Waals surface area contributed by atoms with Crippen LogP contribution in [0.25, 0.3) is 0 Å². The van der Waals surface area contributed by atoms with Gasteiger partial charge in [-0.05, 0) is 18.5 Å². The van der Waals surface area contributed by atoms with Crippen LogP contribution in [0.15, 0.2) is 30.3 Å². The fourth-order valence-electron chi connectivity index (χ4n) is 3.06. The lowest BCUT2D eigenvalue weighted by atomic mass is 10.1. The third-order valence-corrected chi connectivity index (χ3v) is 4.33. The van der Waals surface area contributed by atoms with Crippen molar-refractivity contribution in [3.63, 3.8) is 0 Å². The van der Waals surface area contributed by atoms with Crippen molar-refractivity contribution in [2.24, 2.45) is 0 Å². The zero-order chi connectivity index (χ0) is 16.1. The summed E-state index contributed by atoms with van der Waals surface area (Å²) in [6.45, 7) is 3.92. The fourth-order valence-corrected chi connectivity index (χ4v) is 3.06. The molecule has 2 aliphatic heterocycles. The van der Waals surface area contributed by atoms with Gasteiger partial charge < -0.3 is 19.9 Å². The van der Waals surface area contributed by atoms with E-state index in [0.29, 0.717) is 13.1 Å². The van der Waals surface area contributed by atoms with Crippen molar-refractivity contribution >= 4 is 11.8 Å². The molecule has 23 heavy (non-hydrogen) atoms. The Balaban J connectivity index is 1.74. The quantitative estimate of drug-likeness (QED) is 0.867. The van der Waals surface area contributed by atoms with Crippen molar-refractivity contribution in [2.75, 3.05) is 39.4 Å². The smallest absolute Gasteiger partial charge is 0.249 e. The van der Waals surface area contributed by atoms with Gasteiger partial charge in [0.05, 0.1) is 6.61 Å². The summed E-state index contributed by atoms with van der Waals surface area (Å²) in [5.41, 5.74) is 1.03. The van der Waals surface area contributed by atoms with E-state index in [0.717, 1.165) is 31.6 Å². The second-order valence-corrected chi connectivity index (χ2v) is 5.97. The largest absolute Gasteiger partial charge is 0.369 e. The van der Waals surface area contributed by atoms with E-state index in [9.17, 15) is 9.59 Å². The number of hydrogen-bond acceptors (Lipinski definition) is 4. The van der Waals surface area contributed by atoms with E-state index in [1.165, 1.54) is 0 Å². The predicted molar refractivity (Wildman–Crippen MR) is 85.7 cm³/mol. The summed E-state index contributed by atoms with van der Waals surface area (Å²) >= 11 is 0. The molecule has 1 N–H and O–H groups in total. The van der Waals surface area contributed by atoms with Gasteiger partial charge in [-0.3, -0.25) is 9.59 Å². The molecule has 2 aliphatic rings. The number of carbonyl (C=O) groups is 2. The minimum atomic E-state index is -0.519. The Morgan fingerprint density at radius 2 is 2.04 bits per heavy atom. The van der Waals surface area contributed by atoms with Gasteiger partial charge in [0.1, 0.15) is 12.6 Å². The predicted octanol–water partition coefficient (Wildman–Crippen LogP) is 0.236. The van der Waals surface area contributed by atoms with E-state index < -0.39 is 6.04 Å². The topological polar surface area (TPSA) is 61.9 Å². The molecule has 0 aliphatic carbocycles. The first-order valence-corrected chi connectivity index (χ1v) is 8.16. The number of nitrogens with zero attached hydrogens (tertiary/aromatic N) is 2. The minimum Gasteiger partial charge on any atom is -0.369 e. The molecule has 0 aromatic heterocycles. The van der Waals surface area contributed by atoms with Gasteiger partial charge in [-0.2, -0.15) is 0 Å². The molecule has 0 radical (unpaired) electrons. The molecule has 1 atom stereocenters. The van der Waals surface area contributed by atoms with Crippen LogP contribution in [0.1, 0.15) is 12.0 Å². The summed E-state index contributed by atoms with van der Waals surface area (Å²) in [5.74, 6) is -0.121. The first-order valence-electron chi connectivity index (χ1n) is 8.16. The molecule has 2 fully saturated rings. The van der Waals surface area contributed by atoms with Crippen molar-refractivity contribution in [2.45, 2.75) is 19.0 Å². The van der Waals surface area contributed by atoms with E-state index in [1.807, 2.05) is 35.2 Å². The van der Waals surface area contributed by atoms with E-state index in [1.54, 1.807) is 4.90 Å². The van der Waals surface area contributed by atoms with Gasteiger partial charge in [-0.25, -0.2) is 0 Å². The van der Waals surface area contributed by atoms with Gasteiger partial charge in [-0.15, -0.1) is 0 Å². The SMILES string of the molecule is O=C([C@H]1COCC(=O)N1Cc1ccccc1)N1CCCNCC1. The Labute approximate surface area is 136 Å². The highest BCUT2D eigenvalue weighted by Gasteiger charge is 2.36. The summed E-state index contributed by atoms with van der Waals surface area (Å²) in [6, 6.07) is 9.25. The Morgan fingerprint density at radius 3 is 2.87 bits per heavy atom. The number of rotatable bonds is 3. The van der Waals surface area contributed by atoms with Gasteiger partial charge in [0.25, 0.3) is 0 Å².